The number of hydrogen-bond donors (Lipinski definition) is 1. The van der Waals surface area contributed by atoms with Gasteiger partial charge in [-0.25, -0.2) is 0 Å². The SMILES string of the molecule is C1CCOC1.C1CCOC1.COCCC(CCC(=O)OC)OCc1ccccc1.COCCC(O)CCC(=O)OC.O=C1CCC(OCc2ccccc2)CCO1. The molecule has 0 spiro atoms. The van der Waals surface area contributed by atoms with E-state index < -0.39 is 6.10 Å². The van der Waals surface area contributed by atoms with Crippen molar-refractivity contribution in [2.75, 3.05) is 74.7 Å². The van der Waals surface area contributed by atoms with E-state index in [4.69, 9.17) is 33.2 Å². The molecule has 5 rings (SSSR count). The standard InChI is InChI=1S/C15H22O4.C13H16O3.C8H16O4.2C4H8O/c1-17-11-10-14(8-9-15(16)18-2)19-12-13-6-4-3-5-7-13;14-13-7-6-12(8-9-15-13)16-10-11-4-2-1-3-5-11;1-11-6-5-7(9)3-4-8(10)12-2;2*1-2-4-5-3-1/h3-7,14H,8-12H2,1-2H3;1-5,12H,6-10H2;7,9H,3-6H2,1-2H3;2*1-4H2. The number of aliphatic hydroxyl groups excluding tert-OH is 1. The Labute approximate surface area is 340 Å². The highest BCUT2D eigenvalue weighted by molar-refractivity contribution is 5.70. The van der Waals surface area contributed by atoms with Gasteiger partial charge in [-0.3, -0.25) is 14.4 Å². The maximum atomic E-state index is 11.2. The van der Waals surface area contributed by atoms with Crippen molar-refractivity contribution >= 4 is 17.9 Å². The zero-order chi connectivity index (χ0) is 41.6. The summed E-state index contributed by atoms with van der Waals surface area (Å²) >= 11 is 0. The van der Waals surface area contributed by atoms with E-state index in [0.29, 0.717) is 65.1 Å². The molecule has 3 atom stereocenters. The number of esters is 3. The van der Waals surface area contributed by atoms with E-state index in [1.165, 1.54) is 45.5 Å². The molecule has 324 valence electrons. The number of aliphatic hydroxyl groups is 1. The lowest BCUT2D eigenvalue weighted by molar-refractivity contribution is -0.143. The normalized spacial score (nSPS) is 16.9. The molecule has 3 aliphatic heterocycles. The molecule has 0 amide bonds. The van der Waals surface area contributed by atoms with Crippen molar-refractivity contribution in [2.24, 2.45) is 0 Å². The summed E-state index contributed by atoms with van der Waals surface area (Å²) < 4.78 is 45.4. The van der Waals surface area contributed by atoms with Gasteiger partial charge in [0.1, 0.15) is 0 Å². The van der Waals surface area contributed by atoms with Crippen molar-refractivity contribution in [3.63, 3.8) is 0 Å². The largest absolute Gasteiger partial charge is 0.469 e. The molecule has 0 saturated carbocycles. The molecule has 0 aromatic heterocycles. The third-order valence-corrected chi connectivity index (χ3v) is 8.79. The molecule has 13 heteroatoms. The average Bonchev–Trinajstić information content (AvgIpc) is 4.02. The topological polar surface area (TPSA) is 155 Å². The molecular formula is C44H70O13. The van der Waals surface area contributed by atoms with E-state index in [0.717, 1.165) is 51.3 Å². The fraction of sp³-hybridized carbons (Fsp3) is 0.659. The quantitative estimate of drug-likeness (QED) is 0.124. The zero-order valence-electron chi connectivity index (χ0n) is 34.9. The van der Waals surface area contributed by atoms with E-state index in [9.17, 15) is 19.5 Å². The summed E-state index contributed by atoms with van der Waals surface area (Å²) in [4.78, 5) is 32.8. The van der Waals surface area contributed by atoms with Crippen LogP contribution in [0.5, 0.6) is 0 Å². The first-order valence-corrected chi connectivity index (χ1v) is 20.2. The lowest BCUT2D eigenvalue weighted by Crippen LogP contribution is -2.17. The fourth-order valence-corrected chi connectivity index (χ4v) is 5.29. The Morgan fingerprint density at radius 1 is 0.667 bits per heavy atom. The van der Waals surface area contributed by atoms with Crippen molar-refractivity contribution < 1.29 is 62.1 Å². The molecule has 3 heterocycles. The summed E-state index contributed by atoms with van der Waals surface area (Å²) in [7, 11) is 5.97. The minimum Gasteiger partial charge on any atom is -0.469 e. The van der Waals surface area contributed by atoms with Gasteiger partial charge in [0.15, 0.2) is 0 Å². The Balaban J connectivity index is 0.000000385. The summed E-state index contributed by atoms with van der Waals surface area (Å²) in [6.45, 7) is 6.79. The highest BCUT2D eigenvalue weighted by Gasteiger charge is 2.18. The van der Waals surface area contributed by atoms with Gasteiger partial charge in [-0.15, -0.1) is 0 Å². The molecule has 3 unspecified atom stereocenters. The molecule has 0 aliphatic carbocycles. The van der Waals surface area contributed by atoms with Gasteiger partial charge in [0, 0.05) is 79.5 Å². The first-order chi connectivity index (χ1) is 27.8. The predicted octanol–water partition coefficient (Wildman–Crippen LogP) is 6.79. The van der Waals surface area contributed by atoms with Gasteiger partial charge >= 0.3 is 17.9 Å². The number of methoxy groups -OCH3 is 4. The van der Waals surface area contributed by atoms with Crippen molar-refractivity contribution in [1.82, 2.24) is 0 Å². The number of benzene rings is 2. The third kappa shape index (κ3) is 31.3. The van der Waals surface area contributed by atoms with Gasteiger partial charge in [-0.05, 0) is 68.9 Å². The van der Waals surface area contributed by atoms with E-state index in [1.807, 2.05) is 60.7 Å². The summed E-state index contributed by atoms with van der Waals surface area (Å²) in [5.41, 5.74) is 2.29. The van der Waals surface area contributed by atoms with Crippen LogP contribution in [0.4, 0.5) is 0 Å². The van der Waals surface area contributed by atoms with Crippen LogP contribution >= 0.6 is 0 Å². The average molecular weight is 807 g/mol. The molecular weight excluding hydrogens is 736 g/mol. The van der Waals surface area contributed by atoms with E-state index >= 15 is 0 Å². The Kier molecular flexibility index (Phi) is 33.4. The second-order valence-corrected chi connectivity index (χ2v) is 13.5. The predicted molar refractivity (Wildman–Crippen MR) is 216 cm³/mol. The van der Waals surface area contributed by atoms with Gasteiger partial charge in [0.25, 0.3) is 0 Å². The van der Waals surface area contributed by atoms with Gasteiger partial charge < -0.3 is 47.7 Å². The van der Waals surface area contributed by atoms with E-state index in [2.05, 4.69) is 9.47 Å². The third-order valence-electron chi connectivity index (χ3n) is 8.79. The highest BCUT2D eigenvalue weighted by Crippen LogP contribution is 2.15. The Bertz CT molecular complexity index is 1200. The van der Waals surface area contributed by atoms with Crippen LogP contribution in [0.25, 0.3) is 0 Å². The van der Waals surface area contributed by atoms with Crippen molar-refractivity contribution in [3.8, 4) is 0 Å². The molecule has 1 N–H and O–H groups in total. The van der Waals surface area contributed by atoms with E-state index in [1.54, 1.807) is 14.2 Å². The lowest BCUT2D eigenvalue weighted by Gasteiger charge is -2.17. The van der Waals surface area contributed by atoms with Crippen LogP contribution in [0, 0.1) is 0 Å². The molecule has 2 aromatic carbocycles. The van der Waals surface area contributed by atoms with Crippen molar-refractivity contribution in [1.29, 1.82) is 0 Å². The number of ether oxygens (including phenoxy) is 9. The molecule has 3 aliphatic rings. The lowest BCUT2D eigenvalue weighted by atomic mass is 10.1. The number of cyclic esters (lactones) is 1. The first-order valence-electron chi connectivity index (χ1n) is 20.2. The first kappa shape index (κ1) is 51.6. The molecule has 3 fully saturated rings. The monoisotopic (exact) mass is 806 g/mol. The molecule has 2 aromatic rings. The van der Waals surface area contributed by atoms with Gasteiger partial charge in [-0.1, -0.05) is 60.7 Å². The Morgan fingerprint density at radius 3 is 1.67 bits per heavy atom. The van der Waals surface area contributed by atoms with Gasteiger partial charge in [0.2, 0.25) is 0 Å². The number of carbonyl (C=O) groups is 3. The van der Waals surface area contributed by atoms with E-state index in [-0.39, 0.29) is 36.5 Å². The summed E-state index contributed by atoms with van der Waals surface area (Å²) in [5, 5.41) is 9.24. The molecule has 13 nitrogen and oxygen atoms in total. The fourth-order valence-electron chi connectivity index (χ4n) is 5.29. The van der Waals surface area contributed by atoms with Crippen LogP contribution in [0.3, 0.4) is 0 Å². The molecule has 0 bridgehead atoms. The van der Waals surface area contributed by atoms with Crippen molar-refractivity contribution in [3.05, 3.63) is 71.8 Å². The Hall–Kier alpha value is -3.43. The van der Waals surface area contributed by atoms with Crippen LogP contribution in [0.2, 0.25) is 0 Å². The second-order valence-electron chi connectivity index (χ2n) is 13.5. The number of hydrogen-bond acceptors (Lipinski definition) is 13. The second kappa shape index (κ2) is 36.9. The number of carbonyl (C=O) groups excluding carboxylic acids is 3. The summed E-state index contributed by atoms with van der Waals surface area (Å²) in [6, 6.07) is 20.0. The van der Waals surface area contributed by atoms with Crippen LogP contribution in [-0.4, -0.2) is 116 Å². The van der Waals surface area contributed by atoms with Crippen molar-refractivity contribution in [2.45, 2.75) is 115 Å². The zero-order valence-corrected chi connectivity index (χ0v) is 34.9. The van der Waals surface area contributed by atoms with Gasteiger partial charge in [0.05, 0.1) is 52.4 Å². The van der Waals surface area contributed by atoms with Crippen LogP contribution in [0.1, 0.15) is 94.6 Å². The molecule has 57 heavy (non-hydrogen) atoms. The van der Waals surface area contributed by atoms with Crippen LogP contribution < -0.4 is 0 Å². The summed E-state index contributed by atoms with van der Waals surface area (Å²) in [6.07, 6.45) is 9.92. The maximum Gasteiger partial charge on any atom is 0.305 e. The Morgan fingerprint density at radius 2 is 1.18 bits per heavy atom. The summed E-state index contributed by atoms with van der Waals surface area (Å²) in [5.74, 6) is -0.594. The maximum absolute atomic E-state index is 11.2. The van der Waals surface area contributed by atoms with Gasteiger partial charge in [-0.2, -0.15) is 0 Å². The molecule has 0 radical (unpaired) electrons. The smallest absolute Gasteiger partial charge is 0.305 e. The molecule has 3 saturated heterocycles. The minimum absolute atomic E-state index is 0.0132. The number of rotatable bonds is 18. The van der Waals surface area contributed by atoms with Crippen LogP contribution in [0.15, 0.2) is 60.7 Å². The highest BCUT2D eigenvalue weighted by atomic mass is 16.5. The van der Waals surface area contributed by atoms with Crippen LogP contribution in [-0.2, 0) is 70.2 Å². The minimum atomic E-state index is -0.468.